The van der Waals surface area contributed by atoms with Crippen LogP contribution in [0.1, 0.15) is 32.6 Å². The van der Waals surface area contributed by atoms with E-state index in [0.717, 1.165) is 26.2 Å². The van der Waals surface area contributed by atoms with Gasteiger partial charge in [-0.25, -0.2) is 15.2 Å². The summed E-state index contributed by atoms with van der Waals surface area (Å²) in [6.45, 7) is 4.53. The molecule has 8 nitrogen and oxygen atoms in total. The summed E-state index contributed by atoms with van der Waals surface area (Å²) in [5, 5.41) is 15.4. The van der Waals surface area contributed by atoms with E-state index in [1.165, 1.54) is 0 Å². The first-order valence-corrected chi connectivity index (χ1v) is 9.08. The number of rotatable bonds is 4. The third-order valence-electron chi connectivity index (χ3n) is 5.65. The van der Waals surface area contributed by atoms with E-state index in [9.17, 15) is 19.1 Å². The van der Waals surface area contributed by atoms with Gasteiger partial charge in [-0.05, 0) is 31.6 Å². The summed E-state index contributed by atoms with van der Waals surface area (Å²) in [6, 6.07) is -0.922. The second-order valence-electron chi connectivity index (χ2n) is 7.43. The van der Waals surface area contributed by atoms with Crippen LogP contribution in [0, 0.1) is 11.8 Å². The van der Waals surface area contributed by atoms with Crippen molar-refractivity contribution in [3.8, 4) is 0 Å². The van der Waals surface area contributed by atoms with Crippen LogP contribution in [0.4, 0.5) is 4.39 Å². The predicted molar refractivity (Wildman–Crippen MR) is 89.0 cm³/mol. The fraction of sp³-hybridized carbons (Fsp3) is 0.875. The summed E-state index contributed by atoms with van der Waals surface area (Å²) in [4.78, 5) is 26.2. The molecular weight excluding hydrogens is 329 g/mol. The number of aliphatic carboxylic acids is 1. The standard InChI is InChI=1S/C16H28FN5O3/c1-9-6-13(10(16(24)25)7-11(9)17)19-15(23)12-2-3-14(21-20-12)22-5-4-18-8-22/h9-14,18,20-21H,2-8H2,1H3,(H,19,23)(H,24,25). The first kappa shape index (κ1) is 18.5. The minimum Gasteiger partial charge on any atom is -0.481 e. The van der Waals surface area contributed by atoms with Gasteiger partial charge < -0.3 is 15.7 Å². The van der Waals surface area contributed by atoms with Crippen molar-refractivity contribution >= 4 is 11.9 Å². The molecule has 6 atom stereocenters. The molecule has 3 aliphatic rings. The number of hydrazine groups is 1. The summed E-state index contributed by atoms with van der Waals surface area (Å²) < 4.78 is 13.8. The Hall–Kier alpha value is -1.29. The van der Waals surface area contributed by atoms with Crippen LogP contribution in [0.15, 0.2) is 0 Å². The zero-order valence-corrected chi connectivity index (χ0v) is 14.5. The van der Waals surface area contributed by atoms with E-state index in [1.54, 1.807) is 6.92 Å². The minimum atomic E-state index is -1.13. The molecule has 6 unspecified atom stereocenters. The molecule has 142 valence electrons. The number of hydrogen-bond donors (Lipinski definition) is 5. The number of carbonyl (C=O) groups is 2. The summed E-state index contributed by atoms with van der Waals surface area (Å²) >= 11 is 0. The van der Waals surface area contributed by atoms with E-state index in [2.05, 4.69) is 26.4 Å². The molecule has 25 heavy (non-hydrogen) atoms. The Morgan fingerprint density at radius 2 is 2.04 bits per heavy atom. The number of hydrogen-bond acceptors (Lipinski definition) is 6. The molecule has 0 radical (unpaired) electrons. The number of carboxylic acids is 1. The Balaban J connectivity index is 1.52. The number of alkyl halides is 1. The van der Waals surface area contributed by atoms with Gasteiger partial charge in [0.2, 0.25) is 5.91 Å². The maximum atomic E-state index is 13.8. The number of nitrogens with one attached hydrogen (secondary N) is 4. The molecule has 0 aromatic rings. The Morgan fingerprint density at radius 3 is 2.64 bits per heavy atom. The Kier molecular flexibility index (Phi) is 5.88. The lowest BCUT2D eigenvalue weighted by atomic mass is 9.77. The van der Waals surface area contributed by atoms with E-state index in [1.807, 2.05) is 0 Å². The number of amides is 1. The van der Waals surface area contributed by atoms with Crippen molar-refractivity contribution < 1.29 is 19.1 Å². The zero-order chi connectivity index (χ0) is 18.0. The fourth-order valence-corrected chi connectivity index (χ4v) is 3.99. The Labute approximate surface area is 146 Å². The van der Waals surface area contributed by atoms with E-state index in [4.69, 9.17) is 0 Å². The van der Waals surface area contributed by atoms with E-state index in [-0.39, 0.29) is 24.4 Å². The van der Waals surface area contributed by atoms with Crippen molar-refractivity contribution in [3.05, 3.63) is 0 Å². The van der Waals surface area contributed by atoms with Gasteiger partial charge >= 0.3 is 5.97 Å². The van der Waals surface area contributed by atoms with Crippen LogP contribution >= 0.6 is 0 Å². The largest absolute Gasteiger partial charge is 0.481 e. The van der Waals surface area contributed by atoms with Crippen molar-refractivity contribution in [2.45, 2.75) is 57.0 Å². The summed E-state index contributed by atoms with van der Waals surface area (Å²) in [5.41, 5.74) is 6.22. The average Bonchev–Trinajstić information content (AvgIpc) is 3.12. The summed E-state index contributed by atoms with van der Waals surface area (Å²) in [5.74, 6) is -2.37. The molecule has 3 rings (SSSR count). The van der Waals surface area contributed by atoms with Crippen LogP contribution in [0.3, 0.4) is 0 Å². The van der Waals surface area contributed by atoms with Gasteiger partial charge in [-0.1, -0.05) is 6.92 Å². The molecule has 9 heteroatoms. The van der Waals surface area contributed by atoms with Crippen molar-refractivity contribution in [3.63, 3.8) is 0 Å². The van der Waals surface area contributed by atoms with E-state index >= 15 is 0 Å². The minimum absolute atomic E-state index is 0.0399. The number of carbonyl (C=O) groups excluding carboxylic acids is 1. The molecule has 1 aliphatic carbocycles. The van der Waals surface area contributed by atoms with Gasteiger partial charge in [0.05, 0.1) is 12.1 Å². The molecule has 1 amide bonds. The highest BCUT2D eigenvalue weighted by Gasteiger charge is 2.41. The van der Waals surface area contributed by atoms with Crippen molar-refractivity contribution in [1.29, 1.82) is 0 Å². The van der Waals surface area contributed by atoms with Crippen molar-refractivity contribution in [1.82, 2.24) is 26.4 Å². The highest BCUT2D eigenvalue weighted by Crippen LogP contribution is 2.31. The SMILES string of the molecule is CC1CC(NC(=O)C2CCC(N3CCNC3)NN2)C(C(=O)O)CC1F. The van der Waals surface area contributed by atoms with Gasteiger partial charge in [0.15, 0.2) is 0 Å². The average molecular weight is 357 g/mol. The summed E-state index contributed by atoms with van der Waals surface area (Å²) in [7, 11) is 0. The third-order valence-corrected chi connectivity index (χ3v) is 5.65. The number of nitrogens with zero attached hydrogens (tertiary/aromatic N) is 1. The molecule has 2 saturated heterocycles. The second-order valence-corrected chi connectivity index (χ2v) is 7.43. The topological polar surface area (TPSA) is 106 Å². The van der Waals surface area contributed by atoms with Crippen LogP contribution in [0.5, 0.6) is 0 Å². The van der Waals surface area contributed by atoms with Gasteiger partial charge in [-0.3, -0.25) is 14.5 Å². The lowest BCUT2D eigenvalue weighted by Gasteiger charge is -2.38. The molecule has 3 fully saturated rings. The molecule has 5 N–H and O–H groups in total. The predicted octanol–water partition coefficient (Wildman–Crippen LogP) is -0.615. The molecular formula is C16H28FN5O3. The fourth-order valence-electron chi connectivity index (χ4n) is 3.99. The lowest BCUT2D eigenvalue weighted by molar-refractivity contribution is -0.146. The van der Waals surface area contributed by atoms with E-state index in [0.29, 0.717) is 12.8 Å². The molecule has 2 aliphatic heterocycles. The van der Waals surface area contributed by atoms with Gasteiger partial charge in [0.25, 0.3) is 0 Å². The van der Waals surface area contributed by atoms with E-state index < -0.39 is 30.1 Å². The van der Waals surface area contributed by atoms with Crippen LogP contribution in [-0.2, 0) is 9.59 Å². The Bertz CT molecular complexity index is 494. The summed E-state index contributed by atoms with van der Waals surface area (Å²) in [6.07, 6.45) is 0.883. The highest BCUT2D eigenvalue weighted by atomic mass is 19.1. The molecule has 0 bridgehead atoms. The number of halogens is 1. The highest BCUT2D eigenvalue weighted by molar-refractivity contribution is 5.83. The van der Waals surface area contributed by atoms with Gasteiger partial charge in [0.1, 0.15) is 12.2 Å². The zero-order valence-electron chi connectivity index (χ0n) is 14.5. The van der Waals surface area contributed by atoms with Crippen LogP contribution in [0.2, 0.25) is 0 Å². The molecule has 0 spiro atoms. The normalized spacial score (nSPS) is 39.9. The third kappa shape index (κ3) is 4.28. The van der Waals surface area contributed by atoms with Crippen LogP contribution in [-0.4, -0.2) is 66.1 Å². The molecule has 1 saturated carbocycles. The maximum absolute atomic E-state index is 13.8. The quantitative estimate of drug-likeness (QED) is 0.457. The van der Waals surface area contributed by atoms with Gasteiger partial charge in [0, 0.05) is 25.8 Å². The molecule has 0 aromatic carbocycles. The maximum Gasteiger partial charge on any atom is 0.308 e. The van der Waals surface area contributed by atoms with Gasteiger partial charge in [-0.2, -0.15) is 0 Å². The molecule has 2 heterocycles. The van der Waals surface area contributed by atoms with Crippen molar-refractivity contribution in [2.75, 3.05) is 19.8 Å². The van der Waals surface area contributed by atoms with Crippen molar-refractivity contribution in [2.24, 2.45) is 11.8 Å². The smallest absolute Gasteiger partial charge is 0.308 e. The monoisotopic (exact) mass is 357 g/mol. The first-order chi connectivity index (χ1) is 12.0. The first-order valence-electron chi connectivity index (χ1n) is 9.08. The van der Waals surface area contributed by atoms with Crippen LogP contribution in [0.25, 0.3) is 0 Å². The second kappa shape index (κ2) is 7.94. The van der Waals surface area contributed by atoms with Gasteiger partial charge in [-0.15, -0.1) is 0 Å². The number of carboxylic acid groups (broad SMARTS) is 1. The lowest BCUT2D eigenvalue weighted by Crippen LogP contribution is -2.63. The van der Waals surface area contributed by atoms with Crippen LogP contribution < -0.4 is 21.5 Å². The Morgan fingerprint density at radius 1 is 1.24 bits per heavy atom. The molecule has 0 aromatic heterocycles.